The normalized spacial score (nSPS) is 20.2. The number of anilines is 1. The smallest absolute Gasteiger partial charge is 0.256 e. The van der Waals surface area contributed by atoms with Crippen molar-refractivity contribution in [3.63, 3.8) is 0 Å². The van der Waals surface area contributed by atoms with Gasteiger partial charge in [-0.2, -0.15) is 0 Å². The highest BCUT2D eigenvalue weighted by Crippen LogP contribution is 2.14. The van der Waals surface area contributed by atoms with Crippen molar-refractivity contribution in [3.8, 4) is 0 Å². The average Bonchev–Trinajstić information content (AvgIpc) is 2.84. The molecule has 0 saturated carbocycles. The van der Waals surface area contributed by atoms with Crippen molar-refractivity contribution < 1.29 is 9.53 Å². The van der Waals surface area contributed by atoms with Crippen molar-refractivity contribution in [2.24, 2.45) is 0 Å². The summed E-state index contributed by atoms with van der Waals surface area (Å²) in [4.78, 5) is 25.2. The Morgan fingerprint density at radius 3 is 2.19 bits per heavy atom. The molecule has 6 heteroatoms. The second kappa shape index (κ2) is 6.85. The number of ether oxygens (including phenoxy) is 1. The van der Waals surface area contributed by atoms with E-state index in [1.165, 1.54) is 12.8 Å². The van der Waals surface area contributed by atoms with Crippen molar-refractivity contribution >= 4 is 11.9 Å². The van der Waals surface area contributed by atoms with Gasteiger partial charge in [0, 0.05) is 38.6 Å². The monoisotopic (exact) mass is 290 g/mol. The maximum Gasteiger partial charge on any atom is 0.256 e. The topological polar surface area (TPSA) is 58.6 Å². The predicted molar refractivity (Wildman–Crippen MR) is 79.4 cm³/mol. The number of nitrogens with zero attached hydrogens (tertiary/aromatic N) is 4. The molecular weight excluding hydrogens is 268 g/mol. The zero-order valence-corrected chi connectivity index (χ0v) is 12.3. The molecule has 0 radical (unpaired) electrons. The zero-order valence-electron chi connectivity index (χ0n) is 12.3. The number of hydrogen-bond donors (Lipinski definition) is 0. The summed E-state index contributed by atoms with van der Waals surface area (Å²) < 4.78 is 5.32. The first kappa shape index (κ1) is 14.3. The number of hydrogen-bond acceptors (Lipinski definition) is 5. The first-order chi connectivity index (χ1) is 10.3. The predicted octanol–water partition coefficient (Wildman–Crippen LogP) is 1.33. The molecule has 2 saturated heterocycles. The summed E-state index contributed by atoms with van der Waals surface area (Å²) in [5, 5.41) is 0. The van der Waals surface area contributed by atoms with E-state index >= 15 is 0 Å². The number of morpholine rings is 1. The highest BCUT2D eigenvalue weighted by Gasteiger charge is 2.19. The van der Waals surface area contributed by atoms with E-state index in [0.717, 1.165) is 39.0 Å². The SMILES string of the molecule is O=C(c1cnc(N2CCOCC2)nc1)N1CCCCCC1. The van der Waals surface area contributed by atoms with Crippen LogP contribution in [-0.4, -0.2) is 60.2 Å². The maximum atomic E-state index is 12.5. The second-order valence-corrected chi connectivity index (χ2v) is 5.58. The largest absolute Gasteiger partial charge is 0.378 e. The fourth-order valence-corrected chi connectivity index (χ4v) is 2.81. The molecule has 6 nitrogen and oxygen atoms in total. The van der Waals surface area contributed by atoms with E-state index < -0.39 is 0 Å². The molecule has 0 bridgehead atoms. The molecule has 0 aromatic carbocycles. The molecule has 2 aliphatic heterocycles. The van der Waals surface area contributed by atoms with Gasteiger partial charge < -0.3 is 14.5 Å². The highest BCUT2D eigenvalue weighted by molar-refractivity contribution is 5.93. The highest BCUT2D eigenvalue weighted by atomic mass is 16.5. The van der Waals surface area contributed by atoms with E-state index in [1.807, 2.05) is 4.90 Å². The van der Waals surface area contributed by atoms with E-state index in [4.69, 9.17) is 4.74 Å². The molecule has 0 atom stereocenters. The van der Waals surface area contributed by atoms with E-state index in [9.17, 15) is 4.79 Å². The van der Waals surface area contributed by atoms with Crippen LogP contribution in [0.3, 0.4) is 0 Å². The van der Waals surface area contributed by atoms with Gasteiger partial charge in [0.15, 0.2) is 0 Å². The molecular formula is C15H22N4O2. The van der Waals surface area contributed by atoms with E-state index in [2.05, 4.69) is 14.9 Å². The number of likely N-dealkylation sites (tertiary alicyclic amines) is 1. The molecule has 114 valence electrons. The van der Waals surface area contributed by atoms with Crippen LogP contribution >= 0.6 is 0 Å². The molecule has 3 heterocycles. The van der Waals surface area contributed by atoms with Gasteiger partial charge in [-0.1, -0.05) is 12.8 Å². The zero-order chi connectivity index (χ0) is 14.5. The van der Waals surface area contributed by atoms with Crippen LogP contribution in [0.15, 0.2) is 12.4 Å². The molecule has 21 heavy (non-hydrogen) atoms. The Morgan fingerprint density at radius 2 is 1.57 bits per heavy atom. The minimum atomic E-state index is 0.0606. The Bertz CT molecular complexity index is 463. The second-order valence-electron chi connectivity index (χ2n) is 5.58. The lowest BCUT2D eigenvalue weighted by atomic mass is 10.2. The van der Waals surface area contributed by atoms with Gasteiger partial charge in [0.2, 0.25) is 5.95 Å². The first-order valence-corrected chi connectivity index (χ1v) is 7.78. The Kier molecular flexibility index (Phi) is 4.65. The van der Waals surface area contributed by atoms with Crippen molar-refractivity contribution in [1.82, 2.24) is 14.9 Å². The number of amides is 1. The van der Waals surface area contributed by atoms with Crippen LogP contribution in [0.2, 0.25) is 0 Å². The number of aromatic nitrogens is 2. The van der Waals surface area contributed by atoms with Crippen LogP contribution in [0.5, 0.6) is 0 Å². The lowest BCUT2D eigenvalue weighted by Gasteiger charge is -2.26. The lowest BCUT2D eigenvalue weighted by Crippen LogP contribution is -2.37. The molecule has 3 rings (SSSR count). The molecule has 0 N–H and O–H groups in total. The summed E-state index contributed by atoms with van der Waals surface area (Å²) in [5.74, 6) is 0.746. The van der Waals surface area contributed by atoms with Crippen LogP contribution in [0.1, 0.15) is 36.0 Å². The summed E-state index contributed by atoms with van der Waals surface area (Å²) in [6.45, 7) is 4.72. The van der Waals surface area contributed by atoms with Gasteiger partial charge >= 0.3 is 0 Å². The maximum absolute atomic E-state index is 12.5. The van der Waals surface area contributed by atoms with Gasteiger partial charge in [-0.05, 0) is 12.8 Å². The number of carbonyl (C=O) groups excluding carboxylic acids is 1. The Morgan fingerprint density at radius 1 is 0.952 bits per heavy atom. The summed E-state index contributed by atoms with van der Waals surface area (Å²) in [7, 11) is 0. The van der Waals surface area contributed by atoms with Crippen LogP contribution in [-0.2, 0) is 4.74 Å². The van der Waals surface area contributed by atoms with E-state index in [-0.39, 0.29) is 5.91 Å². The van der Waals surface area contributed by atoms with E-state index in [1.54, 1.807) is 12.4 Å². The minimum absolute atomic E-state index is 0.0606. The van der Waals surface area contributed by atoms with Gasteiger partial charge in [-0.25, -0.2) is 9.97 Å². The molecule has 1 amide bonds. The fourth-order valence-electron chi connectivity index (χ4n) is 2.81. The molecule has 2 aliphatic rings. The van der Waals surface area contributed by atoms with Gasteiger partial charge in [0.1, 0.15) is 0 Å². The quantitative estimate of drug-likeness (QED) is 0.822. The number of carbonyl (C=O) groups is 1. The molecule has 2 fully saturated rings. The van der Waals surface area contributed by atoms with Crippen molar-refractivity contribution in [2.45, 2.75) is 25.7 Å². The Balaban J connectivity index is 1.66. The van der Waals surface area contributed by atoms with Gasteiger partial charge in [0.05, 0.1) is 18.8 Å². The lowest BCUT2D eigenvalue weighted by molar-refractivity contribution is 0.0760. The molecule has 0 spiro atoms. The number of rotatable bonds is 2. The van der Waals surface area contributed by atoms with Crippen LogP contribution in [0, 0.1) is 0 Å². The molecule has 0 unspecified atom stereocenters. The van der Waals surface area contributed by atoms with E-state index in [0.29, 0.717) is 24.7 Å². The third-order valence-corrected chi connectivity index (χ3v) is 4.07. The first-order valence-electron chi connectivity index (χ1n) is 7.78. The Labute approximate surface area is 125 Å². The summed E-state index contributed by atoms with van der Waals surface area (Å²) in [5.41, 5.74) is 0.592. The van der Waals surface area contributed by atoms with Crippen molar-refractivity contribution in [3.05, 3.63) is 18.0 Å². The van der Waals surface area contributed by atoms with Gasteiger partial charge in [-0.3, -0.25) is 4.79 Å². The third-order valence-electron chi connectivity index (χ3n) is 4.07. The minimum Gasteiger partial charge on any atom is -0.378 e. The van der Waals surface area contributed by atoms with Crippen LogP contribution in [0.4, 0.5) is 5.95 Å². The fraction of sp³-hybridized carbons (Fsp3) is 0.667. The van der Waals surface area contributed by atoms with Crippen LogP contribution < -0.4 is 4.90 Å². The molecule has 1 aromatic rings. The molecule has 1 aromatic heterocycles. The average molecular weight is 290 g/mol. The standard InChI is InChI=1S/C15H22N4O2/c20-14(18-5-3-1-2-4-6-18)13-11-16-15(17-12-13)19-7-9-21-10-8-19/h11-12H,1-10H2. The molecule has 0 aliphatic carbocycles. The summed E-state index contributed by atoms with van der Waals surface area (Å²) >= 11 is 0. The van der Waals surface area contributed by atoms with Crippen molar-refractivity contribution in [2.75, 3.05) is 44.3 Å². The summed E-state index contributed by atoms with van der Waals surface area (Å²) in [6.07, 6.45) is 7.94. The van der Waals surface area contributed by atoms with Crippen LogP contribution in [0.25, 0.3) is 0 Å². The van der Waals surface area contributed by atoms with Gasteiger partial charge in [0.25, 0.3) is 5.91 Å². The third kappa shape index (κ3) is 3.50. The van der Waals surface area contributed by atoms with Gasteiger partial charge in [-0.15, -0.1) is 0 Å². The Hall–Kier alpha value is -1.69. The summed E-state index contributed by atoms with van der Waals surface area (Å²) in [6, 6.07) is 0. The van der Waals surface area contributed by atoms with Crippen molar-refractivity contribution in [1.29, 1.82) is 0 Å².